The molecule has 1 saturated heterocycles. The Bertz CT molecular complexity index is 1230. The van der Waals surface area contributed by atoms with Crippen LogP contribution in [-0.4, -0.2) is 47.8 Å². The van der Waals surface area contributed by atoms with E-state index >= 15 is 0 Å². The molecule has 0 bridgehead atoms. The lowest BCUT2D eigenvalue weighted by molar-refractivity contribution is -0.193. The van der Waals surface area contributed by atoms with Crippen molar-refractivity contribution in [2.24, 2.45) is 0 Å². The van der Waals surface area contributed by atoms with Gasteiger partial charge in [-0.25, -0.2) is 14.5 Å². The van der Waals surface area contributed by atoms with Crippen LogP contribution < -0.4 is 10.2 Å². The van der Waals surface area contributed by atoms with E-state index in [0.29, 0.717) is 27.1 Å². The zero-order valence-electron chi connectivity index (χ0n) is 20.8. The molecule has 0 aliphatic carbocycles. The monoisotopic (exact) mass is 562 g/mol. The first-order chi connectivity index (χ1) is 17.9. The van der Waals surface area contributed by atoms with E-state index in [9.17, 15) is 9.90 Å². The molecule has 2 aromatic carbocycles. The molecule has 2 aromatic rings. The van der Waals surface area contributed by atoms with Crippen LogP contribution in [0.3, 0.4) is 0 Å². The number of nitrogens with one attached hydrogen (secondary N) is 1. The van der Waals surface area contributed by atoms with Crippen LogP contribution in [0.4, 0.5) is 27.5 Å². The van der Waals surface area contributed by atoms with Crippen molar-refractivity contribution < 1.29 is 33.8 Å². The molecule has 0 spiro atoms. The number of cyclic esters (lactones) is 1. The van der Waals surface area contributed by atoms with Crippen LogP contribution in [0.25, 0.3) is 9.69 Å². The minimum atomic E-state index is -0.440. The van der Waals surface area contributed by atoms with Gasteiger partial charge in [-0.3, -0.25) is 4.90 Å². The summed E-state index contributed by atoms with van der Waals surface area (Å²) in [5.41, 5.74) is 2.28. The van der Waals surface area contributed by atoms with Gasteiger partial charge in [0.15, 0.2) is 0 Å². The normalized spacial score (nSPS) is 16.4. The number of anilines is 2. The quantitative estimate of drug-likeness (QED) is 0.463. The summed E-state index contributed by atoms with van der Waals surface area (Å²) in [5.74, 6) is 0. The third kappa shape index (κ3) is 10.4. The first-order valence-electron chi connectivity index (χ1n) is 10.7. The number of rotatable bonds is 4. The molecule has 4 atom stereocenters. The number of nitrogens with zero attached hydrogens (tertiary/aromatic N) is 3. The molecule has 0 unspecified atom stereocenters. The van der Waals surface area contributed by atoms with Crippen LogP contribution >= 0.6 is 23.2 Å². The number of benzene rings is 2. The molecule has 3 rings (SSSR count). The Kier molecular flexibility index (Phi) is 15.4. The molecule has 1 amide bonds. The third-order valence-corrected chi connectivity index (χ3v) is 5.69. The summed E-state index contributed by atoms with van der Waals surface area (Å²) in [5, 5.41) is 13.2. The molecule has 0 radical (unpaired) electrons. The van der Waals surface area contributed by atoms with E-state index in [1.807, 2.05) is 20.8 Å². The van der Waals surface area contributed by atoms with Gasteiger partial charge in [0.2, 0.25) is 11.4 Å². The Hall–Kier alpha value is -4.21. The van der Waals surface area contributed by atoms with E-state index in [1.54, 1.807) is 48.2 Å². The highest BCUT2D eigenvalue weighted by Crippen LogP contribution is 2.33. The highest BCUT2D eigenvalue weighted by Gasteiger charge is 2.37. The fourth-order valence-corrected chi connectivity index (χ4v) is 3.28. The van der Waals surface area contributed by atoms with Gasteiger partial charge in [0.25, 0.3) is 0 Å². The van der Waals surface area contributed by atoms with Gasteiger partial charge in [-0.2, -0.15) is 19.2 Å². The first kappa shape index (κ1) is 33.8. The van der Waals surface area contributed by atoms with Crippen molar-refractivity contribution in [1.82, 2.24) is 0 Å². The van der Waals surface area contributed by atoms with Crippen LogP contribution in [0.2, 0.25) is 10.0 Å². The molecule has 2 N–H and O–H groups in total. The van der Waals surface area contributed by atoms with Crippen molar-refractivity contribution in [1.29, 1.82) is 0 Å². The lowest BCUT2D eigenvalue weighted by Crippen LogP contribution is -2.33. The van der Waals surface area contributed by atoms with E-state index < -0.39 is 6.10 Å². The molecule has 0 aromatic heterocycles. The molecule has 0 saturated carbocycles. The van der Waals surface area contributed by atoms with Crippen LogP contribution in [0.15, 0.2) is 36.4 Å². The Morgan fingerprint density at radius 1 is 0.974 bits per heavy atom. The number of carbonyl (C=O) groups is 1. The molecule has 1 heterocycles. The lowest BCUT2D eigenvalue weighted by Gasteiger charge is -2.19. The van der Waals surface area contributed by atoms with E-state index in [4.69, 9.17) is 60.3 Å². The highest BCUT2D eigenvalue weighted by atomic mass is 35.5. The van der Waals surface area contributed by atoms with Gasteiger partial charge in [0.1, 0.15) is 6.10 Å². The van der Waals surface area contributed by atoms with Crippen molar-refractivity contribution in [3.63, 3.8) is 0 Å². The maximum atomic E-state index is 11.7. The van der Waals surface area contributed by atoms with Gasteiger partial charge in [0, 0.05) is 27.5 Å². The third-order valence-electron chi connectivity index (χ3n) is 5.09. The molecule has 38 heavy (non-hydrogen) atoms. The van der Waals surface area contributed by atoms with Crippen molar-refractivity contribution >= 4 is 64.3 Å². The molecule has 11 nitrogen and oxygen atoms in total. The van der Waals surface area contributed by atoms with Crippen LogP contribution in [-0.2, 0) is 23.9 Å². The summed E-state index contributed by atoms with van der Waals surface area (Å²) in [6.07, 6.45) is -0.470. The summed E-state index contributed by atoms with van der Waals surface area (Å²) in [4.78, 5) is 52.2. The second-order valence-corrected chi connectivity index (χ2v) is 8.38. The SMILES string of the molecule is O=C=O.O=C=O.[C-]#[N+]c1ccc(N2C(=O)O[C@@H](C)[C@@H]2C)cc1Cl.[C-]#[N+]c1ccc(N[C@@H](C)[C@H](C)O)cc1Cl. The van der Waals surface area contributed by atoms with Crippen molar-refractivity contribution in [2.75, 3.05) is 10.2 Å². The molecular weight excluding hydrogens is 539 g/mol. The van der Waals surface area contributed by atoms with Crippen LogP contribution in [0.1, 0.15) is 27.7 Å². The smallest absolute Gasteiger partial charge is 0.415 e. The second-order valence-electron chi connectivity index (χ2n) is 7.57. The van der Waals surface area contributed by atoms with E-state index in [-0.39, 0.29) is 36.6 Å². The number of aliphatic hydroxyl groups is 1. The number of carbonyl (C=O) groups excluding carboxylic acids is 5. The van der Waals surface area contributed by atoms with Gasteiger partial charge >= 0.3 is 18.4 Å². The summed E-state index contributed by atoms with van der Waals surface area (Å²) in [7, 11) is 0. The molecule has 200 valence electrons. The maximum Gasteiger partial charge on any atom is 0.415 e. The summed E-state index contributed by atoms with van der Waals surface area (Å²) >= 11 is 11.8. The summed E-state index contributed by atoms with van der Waals surface area (Å²) < 4.78 is 5.12. The average molecular weight is 563 g/mol. The number of halogens is 2. The average Bonchev–Trinajstić information content (AvgIpc) is 3.11. The van der Waals surface area contributed by atoms with Gasteiger partial charge < -0.3 is 15.2 Å². The van der Waals surface area contributed by atoms with Crippen LogP contribution in [0.5, 0.6) is 0 Å². The van der Waals surface area contributed by atoms with Crippen molar-refractivity contribution in [3.05, 3.63) is 69.3 Å². The fourth-order valence-electron chi connectivity index (χ4n) is 2.84. The predicted molar refractivity (Wildman–Crippen MR) is 138 cm³/mol. The van der Waals surface area contributed by atoms with Crippen LogP contribution in [0, 0.1) is 13.1 Å². The van der Waals surface area contributed by atoms with Crippen molar-refractivity contribution in [3.8, 4) is 0 Å². The zero-order chi connectivity index (χ0) is 29.4. The number of hydrogen-bond donors (Lipinski definition) is 2. The highest BCUT2D eigenvalue weighted by molar-refractivity contribution is 6.34. The van der Waals surface area contributed by atoms with Gasteiger partial charge in [0.05, 0.1) is 25.3 Å². The van der Waals surface area contributed by atoms with E-state index in [0.717, 1.165) is 5.69 Å². The minimum Gasteiger partial charge on any atom is -0.444 e. The van der Waals surface area contributed by atoms with Gasteiger partial charge in [-0.05, 0) is 52.0 Å². The summed E-state index contributed by atoms with van der Waals surface area (Å²) in [6.45, 7) is 21.1. The second kappa shape index (κ2) is 17.3. The molecule has 1 aliphatic heterocycles. The molecule has 1 fully saturated rings. The number of aliphatic hydroxyl groups excluding tert-OH is 1. The molecule has 13 heteroatoms. The lowest BCUT2D eigenvalue weighted by atomic mass is 10.2. The first-order valence-corrected chi connectivity index (χ1v) is 11.4. The zero-order valence-corrected chi connectivity index (χ0v) is 22.3. The molecule has 1 aliphatic rings. The van der Waals surface area contributed by atoms with Crippen molar-refractivity contribution in [2.45, 2.75) is 52.0 Å². The topological polar surface area (TPSA) is 139 Å². The van der Waals surface area contributed by atoms with Gasteiger partial charge in [-0.15, -0.1) is 0 Å². The number of ether oxygens (including phenoxy) is 1. The minimum absolute atomic E-state index is 0.0441. The maximum absolute atomic E-state index is 11.7. The molecular formula is C25H24Cl2N4O7. The number of hydrogen-bond acceptors (Lipinski definition) is 8. The largest absolute Gasteiger partial charge is 0.444 e. The van der Waals surface area contributed by atoms with E-state index in [1.165, 1.54) is 0 Å². The Morgan fingerprint density at radius 2 is 1.45 bits per heavy atom. The Labute approximate surface area is 229 Å². The Balaban J connectivity index is 0.000000601. The fraction of sp³-hybridized carbons (Fsp3) is 0.320. The standard InChI is InChI=1S/C12H11ClN2O2.C11H13ClN2O.2CO2/c1-7-8(2)17-12(16)15(7)9-4-5-11(14-3)10(13)6-9;1-7(8(2)15)14-9-4-5-11(13-3)10(12)6-9;2*2-1-3/h4-8H,1-2H3;4-8,14-15H,1-2H3;;/t2*7-,8-;;/m00../s1. The summed E-state index contributed by atoms with van der Waals surface area (Å²) in [6, 6.07) is 9.95. The van der Waals surface area contributed by atoms with E-state index in [2.05, 4.69) is 15.0 Å². The predicted octanol–water partition coefficient (Wildman–Crippen LogP) is 5.53. The number of amides is 1. The Morgan fingerprint density at radius 3 is 1.82 bits per heavy atom. The van der Waals surface area contributed by atoms with Gasteiger partial charge in [-0.1, -0.05) is 35.3 Å².